The van der Waals surface area contributed by atoms with Crippen LogP contribution in [0.15, 0.2) is 35.3 Å². The van der Waals surface area contributed by atoms with E-state index in [4.69, 9.17) is 23.2 Å². The molecule has 3 rings (SSSR count). The summed E-state index contributed by atoms with van der Waals surface area (Å²) in [4.78, 5) is 16.3. The number of hydrogen-bond donors (Lipinski definition) is 1. The first kappa shape index (κ1) is 12.3. The third kappa shape index (κ3) is 1.93. The minimum Gasteiger partial charge on any atom is -0.296 e. The molecule has 1 N–H and O–H groups in total. The lowest BCUT2D eigenvalue weighted by atomic mass is 10.1. The quantitative estimate of drug-likeness (QED) is 0.748. The maximum Gasteiger partial charge on any atom is 0.291 e. The number of H-pyrrole nitrogens is 1. The number of hydrogen-bond acceptors (Lipinski definition) is 2. The Bertz CT molecular complexity index is 818. The molecular weight excluding hydrogens is 285 g/mol. The van der Waals surface area contributed by atoms with Crippen LogP contribution in [0.2, 0.25) is 10.0 Å². The van der Waals surface area contributed by atoms with Gasteiger partial charge in [-0.25, -0.2) is 4.98 Å². The second-order valence-corrected chi connectivity index (χ2v) is 4.98. The lowest BCUT2D eigenvalue weighted by molar-refractivity contribution is 0.890. The van der Waals surface area contributed by atoms with Crippen molar-refractivity contribution >= 4 is 28.8 Å². The van der Waals surface area contributed by atoms with Crippen LogP contribution < -0.4 is 5.56 Å². The van der Waals surface area contributed by atoms with Gasteiger partial charge in [0.2, 0.25) is 0 Å². The van der Waals surface area contributed by atoms with E-state index in [1.54, 1.807) is 25.3 Å². The molecule has 0 saturated carbocycles. The molecule has 0 aliphatic rings. The molecule has 0 amide bonds. The van der Waals surface area contributed by atoms with Gasteiger partial charge in [0.1, 0.15) is 5.02 Å². The summed E-state index contributed by atoms with van der Waals surface area (Å²) in [6.45, 7) is 1.71. The van der Waals surface area contributed by atoms with E-state index < -0.39 is 0 Å². The molecule has 0 aliphatic heterocycles. The molecule has 2 heterocycles. The molecule has 0 fully saturated rings. The van der Waals surface area contributed by atoms with Gasteiger partial charge in [-0.3, -0.25) is 9.89 Å². The third-order valence-electron chi connectivity index (χ3n) is 2.93. The van der Waals surface area contributed by atoms with Crippen LogP contribution >= 0.6 is 23.2 Å². The Kier molecular flexibility index (Phi) is 2.84. The summed E-state index contributed by atoms with van der Waals surface area (Å²) in [5.41, 5.74) is 2.52. The van der Waals surface area contributed by atoms with Crippen molar-refractivity contribution in [3.05, 3.63) is 56.6 Å². The van der Waals surface area contributed by atoms with E-state index in [0.29, 0.717) is 16.4 Å². The van der Waals surface area contributed by atoms with Gasteiger partial charge in [0.25, 0.3) is 5.56 Å². The lowest BCUT2D eigenvalue weighted by Crippen LogP contribution is -2.16. The van der Waals surface area contributed by atoms with E-state index in [1.807, 2.05) is 12.1 Å². The Morgan fingerprint density at radius 3 is 2.58 bits per heavy atom. The summed E-state index contributed by atoms with van der Waals surface area (Å²) < 4.78 is 1.33. The highest BCUT2D eigenvalue weighted by molar-refractivity contribution is 6.31. The van der Waals surface area contributed by atoms with Gasteiger partial charge in [0.05, 0.1) is 5.69 Å². The summed E-state index contributed by atoms with van der Waals surface area (Å²) in [6, 6.07) is 7.34. The molecule has 6 heteroatoms. The number of nitrogens with one attached hydrogen (secondary N) is 1. The molecule has 4 nitrogen and oxygen atoms in total. The number of benzene rings is 1. The number of halogens is 2. The maximum absolute atomic E-state index is 12.0. The largest absolute Gasteiger partial charge is 0.296 e. The second kappa shape index (κ2) is 4.40. The molecule has 2 aromatic heterocycles. The van der Waals surface area contributed by atoms with Crippen LogP contribution in [0.3, 0.4) is 0 Å². The van der Waals surface area contributed by atoms with Crippen LogP contribution in [-0.2, 0) is 0 Å². The average molecular weight is 294 g/mol. The summed E-state index contributed by atoms with van der Waals surface area (Å²) in [5, 5.41) is 3.65. The number of aromatic nitrogens is 3. The van der Waals surface area contributed by atoms with Crippen LogP contribution in [0, 0.1) is 6.92 Å². The average Bonchev–Trinajstić information content (AvgIpc) is 2.81. The fourth-order valence-electron chi connectivity index (χ4n) is 1.94. The topological polar surface area (TPSA) is 50.2 Å². The van der Waals surface area contributed by atoms with Gasteiger partial charge >= 0.3 is 0 Å². The first-order chi connectivity index (χ1) is 9.08. The molecule has 0 spiro atoms. The molecular formula is C13H9Cl2N3O. The van der Waals surface area contributed by atoms with Crippen molar-refractivity contribution in [3.8, 4) is 11.1 Å². The summed E-state index contributed by atoms with van der Waals surface area (Å²) in [5.74, 6) is 0. The highest BCUT2D eigenvalue weighted by atomic mass is 35.5. The maximum atomic E-state index is 12.0. The Labute approximate surface area is 118 Å². The molecule has 0 saturated heterocycles. The monoisotopic (exact) mass is 293 g/mol. The summed E-state index contributed by atoms with van der Waals surface area (Å²) in [7, 11) is 0. The summed E-state index contributed by atoms with van der Waals surface area (Å²) >= 11 is 11.8. The van der Waals surface area contributed by atoms with Gasteiger partial charge in [0, 0.05) is 16.8 Å². The molecule has 0 atom stereocenters. The predicted octanol–water partition coefficient (Wildman–Crippen LogP) is 3.30. The van der Waals surface area contributed by atoms with Gasteiger partial charge < -0.3 is 0 Å². The van der Waals surface area contributed by atoms with Crippen molar-refractivity contribution in [3.63, 3.8) is 0 Å². The number of fused-ring (bicyclic) bond motifs is 1. The molecule has 1 aromatic carbocycles. The van der Waals surface area contributed by atoms with Gasteiger partial charge in [-0.15, -0.1) is 0 Å². The fraction of sp³-hybridized carbons (Fsp3) is 0.0769. The van der Waals surface area contributed by atoms with Gasteiger partial charge in [-0.05, 0) is 24.6 Å². The molecule has 0 aliphatic carbocycles. The molecule has 0 bridgehead atoms. The first-order valence-corrected chi connectivity index (χ1v) is 6.35. The SMILES string of the molecule is Cc1nc2c(-c3ccc(Cl)cc3)c[nH]n2c(=O)c1Cl. The van der Waals surface area contributed by atoms with Crippen LogP contribution in [0.1, 0.15) is 5.69 Å². The van der Waals surface area contributed by atoms with Crippen molar-refractivity contribution in [2.75, 3.05) is 0 Å². The number of aromatic amines is 1. The zero-order valence-electron chi connectivity index (χ0n) is 9.95. The molecule has 96 valence electrons. The number of rotatable bonds is 1. The van der Waals surface area contributed by atoms with Crippen molar-refractivity contribution in [1.82, 2.24) is 14.6 Å². The van der Waals surface area contributed by atoms with Crippen molar-refractivity contribution in [2.24, 2.45) is 0 Å². The fourth-order valence-corrected chi connectivity index (χ4v) is 2.20. The zero-order valence-corrected chi connectivity index (χ0v) is 11.5. The number of nitrogens with zero attached hydrogens (tertiary/aromatic N) is 2. The van der Waals surface area contributed by atoms with E-state index in [2.05, 4.69) is 10.1 Å². The van der Waals surface area contributed by atoms with Gasteiger partial charge in [0.15, 0.2) is 5.65 Å². The van der Waals surface area contributed by atoms with Crippen LogP contribution in [0.4, 0.5) is 0 Å². The molecule has 0 radical (unpaired) electrons. The molecule has 19 heavy (non-hydrogen) atoms. The Balaban J connectivity index is 2.32. The molecule has 0 unspecified atom stereocenters. The second-order valence-electron chi connectivity index (χ2n) is 4.17. The normalized spacial score (nSPS) is 11.1. The van der Waals surface area contributed by atoms with Crippen LogP contribution in [0.5, 0.6) is 0 Å². The predicted molar refractivity (Wildman–Crippen MR) is 76.0 cm³/mol. The smallest absolute Gasteiger partial charge is 0.291 e. The van der Waals surface area contributed by atoms with E-state index in [-0.39, 0.29) is 10.6 Å². The number of aryl methyl sites for hydroxylation is 1. The zero-order chi connectivity index (χ0) is 13.6. The van der Waals surface area contributed by atoms with E-state index in [9.17, 15) is 4.79 Å². The third-order valence-corrected chi connectivity index (χ3v) is 3.62. The highest BCUT2D eigenvalue weighted by Crippen LogP contribution is 2.25. The van der Waals surface area contributed by atoms with Crippen molar-refractivity contribution in [1.29, 1.82) is 0 Å². The molecule has 3 aromatic rings. The van der Waals surface area contributed by atoms with E-state index in [1.165, 1.54) is 4.52 Å². The first-order valence-electron chi connectivity index (χ1n) is 5.60. The van der Waals surface area contributed by atoms with Crippen molar-refractivity contribution < 1.29 is 0 Å². The Hall–Kier alpha value is -1.78. The Morgan fingerprint density at radius 2 is 1.89 bits per heavy atom. The lowest BCUT2D eigenvalue weighted by Gasteiger charge is -2.01. The minimum absolute atomic E-state index is 0.127. The van der Waals surface area contributed by atoms with Gasteiger partial charge in [-0.2, -0.15) is 4.52 Å². The highest BCUT2D eigenvalue weighted by Gasteiger charge is 2.13. The van der Waals surface area contributed by atoms with Crippen molar-refractivity contribution in [2.45, 2.75) is 6.92 Å². The van der Waals surface area contributed by atoms with Crippen LogP contribution in [-0.4, -0.2) is 14.6 Å². The van der Waals surface area contributed by atoms with E-state index in [0.717, 1.165) is 11.1 Å². The minimum atomic E-state index is -0.301. The van der Waals surface area contributed by atoms with Gasteiger partial charge in [-0.1, -0.05) is 35.3 Å². The standard InChI is InChI=1S/C13H9Cl2N3O/c1-7-11(15)13(19)18-12(17-7)10(6-16-18)8-2-4-9(14)5-3-8/h2-6,16H,1H3. The van der Waals surface area contributed by atoms with Crippen LogP contribution in [0.25, 0.3) is 16.8 Å². The Morgan fingerprint density at radius 1 is 1.21 bits per heavy atom. The summed E-state index contributed by atoms with van der Waals surface area (Å²) in [6.07, 6.45) is 1.72. The van der Waals surface area contributed by atoms with E-state index >= 15 is 0 Å².